The molecule has 3 heterocycles. The molecule has 8 nitrogen and oxygen atoms in total. The van der Waals surface area contributed by atoms with Crippen LogP contribution in [0.3, 0.4) is 0 Å². The maximum Gasteiger partial charge on any atom is 0.214 e. The van der Waals surface area contributed by atoms with Gasteiger partial charge >= 0.3 is 0 Å². The Bertz CT molecular complexity index is 640. The van der Waals surface area contributed by atoms with Gasteiger partial charge in [0.05, 0.1) is 33.0 Å². The first-order chi connectivity index (χ1) is 13.7. The summed E-state index contributed by atoms with van der Waals surface area (Å²) in [5, 5.41) is 3.45. The summed E-state index contributed by atoms with van der Waals surface area (Å²) in [4.78, 5) is 13.1. The summed E-state index contributed by atoms with van der Waals surface area (Å²) in [5.41, 5.74) is 0. The van der Waals surface area contributed by atoms with Gasteiger partial charge in [0.2, 0.25) is 5.95 Å². The number of hydrogen-bond acceptors (Lipinski definition) is 6. The summed E-state index contributed by atoms with van der Waals surface area (Å²) < 4.78 is 29.8. The van der Waals surface area contributed by atoms with Crippen LogP contribution in [0.25, 0.3) is 0 Å². The van der Waals surface area contributed by atoms with Crippen LogP contribution in [0.1, 0.15) is 6.92 Å². The highest BCUT2D eigenvalue weighted by Gasteiger charge is 2.23. The van der Waals surface area contributed by atoms with Crippen molar-refractivity contribution >= 4 is 28.8 Å². The number of halogens is 2. The predicted octanol–water partition coefficient (Wildman–Crippen LogP) is 1.32. The monoisotopic (exact) mass is 475 g/mol. The Morgan fingerprint density at radius 1 is 1.34 bits per heavy atom. The molecule has 2 fully saturated rings. The molecule has 0 radical (unpaired) electrons. The molecule has 2 aliphatic rings. The van der Waals surface area contributed by atoms with E-state index in [1.807, 2.05) is 6.07 Å². The van der Waals surface area contributed by atoms with Gasteiger partial charge in [0, 0.05) is 39.3 Å². The lowest BCUT2D eigenvalue weighted by molar-refractivity contribution is -0.0833. The van der Waals surface area contributed by atoms with E-state index in [-0.39, 0.29) is 29.1 Å². The number of methoxy groups -OCH3 is 1. The van der Waals surface area contributed by atoms with Crippen molar-refractivity contribution in [2.24, 2.45) is 4.99 Å². The SMILES string of the molecule is Br.COCC(C)NC(=NC[C@@H]1COCCO1)N1CCN(c2cccc(F)n2)CC1. The van der Waals surface area contributed by atoms with Gasteiger partial charge in [-0.25, -0.2) is 4.98 Å². The van der Waals surface area contributed by atoms with Gasteiger partial charge in [-0.2, -0.15) is 4.39 Å². The van der Waals surface area contributed by atoms with E-state index < -0.39 is 5.95 Å². The molecular formula is C19H31BrFN5O3. The first kappa shape index (κ1) is 23.8. The van der Waals surface area contributed by atoms with Crippen LogP contribution in [-0.4, -0.2) is 94.3 Å². The van der Waals surface area contributed by atoms with E-state index >= 15 is 0 Å². The van der Waals surface area contributed by atoms with Gasteiger partial charge in [-0.1, -0.05) is 6.07 Å². The number of aromatic nitrogens is 1. The van der Waals surface area contributed by atoms with E-state index in [2.05, 4.69) is 27.0 Å². The molecule has 2 aliphatic heterocycles. The lowest BCUT2D eigenvalue weighted by Crippen LogP contribution is -2.55. The molecule has 0 aromatic carbocycles. The van der Waals surface area contributed by atoms with Crippen LogP contribution >= 0.6 is 17.0 Å². The average molecular weight is 476 g/mol. The van der Waals surface area contributed by atoms with Gasteiger partial charge in [0.1, 0.15) is 11.9 Å². The second-order valence-electron chi connectivity index (χ2n) is 7.03. The number of piperazine rings is 1. The Hall–Kier alpha value is -1.49. The molecule has 2 atom stereocenters. The zero-order valence-corrected chi connectivity index (χ0v) is 18.8. The van der Waals surface area contributed by atoms with Crippen molar-refractivity contribution < 1.29 is 18.6 Å². The molecule has 29 heavy (non-hydrogen) atoms. The number of pyridine rings is 1. The Morgan fingerprint density at radius 3 is 2.79 bits per heavy atom. The molecule has 1 N–H and O–H groups in total. The zero-order chi connectivity index (χ0) is 19.8. The fourth-order valence-corrected chi connectivity index (χ4v) is 3.30. The van der Waals surface area contributed by atoms with Crippen molar-refractivity contribution in [2.75, 3.05) is 71.2 Å². The van der Waals surface area contributed by atoms with Crippen molar-refractivity contribution in [2.45, 2.75) is 19.1 Å². The minimum atomic E-state index is -0.452. The lowest BCUT2D eigenvalue weighted by atomic mass is 10.3. The molecular weight excluding hydrogens is 445 g/mol. The third kappa shape index (κ3) is 7.36. The third-order valence-electron chi connectivity index (χ3n) is 4.73. The molecule has 2 saturated heterocycles. The van der Waals surface area contributed by atoms with E-state index in [9.17, 15) is 4.39 Å². The molecule has 3 rings (SSSR count). The summed E-state index contributed by atoms with van der Waals surface area (Å²) >= 11 is 0. The van der Waals surface area contributed by atoms with Gasteiger partial charge in [-0.3, -0.25) is 4.99 Å². The van der Waals surface area contributed by atoms with Crippen LogP contribution in [0, 0.1) is 5.95 Å². The van der Waals surface area contributed by atoms with Crippen molar-refractivity contribution in [3.63, 3.8) is 0 Å². The Labute approximate surface area is 182 Å². The number of hydrogen-bond donors (Lipinski definition) is 1. The summed E-state index contributed by atoms with van der Waals surface area (Å²) in [6, 6.07) is 5.03. The van der Waals surface area contributed by atoms with Crippen LogP contribution in [0.2, 0.25) is 0 Å². The first-order valence-corrected chi connectivity index (χ1v) is 9.77. The summed E-state index contributed by atoms with van der Waals surface area (Å²) in [6.45, 7) is 8.07. The highest BCUT2D eigenvalue weighted by Crippen LogP contribution is 2.14. The summed E-state index contributed by atoms with van der Waals surface area (Å²) in [7, 11) is 1.69. The predicted molar refractivity (Wildman–Crippen MR) is 116 cm³/mol. The fraction of sp³-hybridized carbons (Fsp3) is 0.684. The maximum absolute atomic E-state index is 13.4. The number of anilines is 1. The van der Waals surface area contributed by atoms with Crippen molar-refractivity contribution in [3.05, 3.63) is 24.1 Å². The van der Waals surface area contributed by atoms with Crippen molar-refractivity contribution in [3.8, 4) is 0 Å². The van der Waals surface area contributed by atoms with Crippen LogP contribution in [0.4, 0.5) is 10.2 Å². The number of nitrogens with zero attached hydrogens (tertiary/aromatic N) is 4. The zero-order valence-electron chi connectivity index (χ0n) is 17.1. The standard InChI is InChI=1S/C19H30FN5O3.BrH/c1-15(13-26-2)22-19(21-12-16-14-27-10-11-28-16)25-8-6-24(7-9-25)18-5-3-4-17(20)23-18;/h3-5,15-16H,6-14H2,1-2H3,(H,21,22);1H/t15?,16-;/m1./s1. The number of aliphatic imine (C=N–C) groups is 1. The Morgan fingerprint density at radius 2 is 2.14 bits per heavy atom. The molecule has 0 spiro atoms. The average Bonchev–Trinajstić information content (AvgIpc) is 2.72. The minimum absolute atomic E-state index is 0. The second-order valence-corrected chi connectivity index (χ2v) is 7.03. The fourth-order valence-electron chi connectivity index (χ4n) is 3.30. The molecule has 0 bridgehead atoms. The normalized spacial score (nSPS) is 21.5. The molecule has 1 aromatic rings. The lowest BCUT2D eigenvalue weighted by Gasteiger charge is -2.38. The third-order valence-corrected chi connectivity index (χ3v) is 4.73. The van der Waals surface area contributed by atoms with E-state index in [1.165, 1.54) is 6.07 Å². The van der Waals surface area contributed by atoms with E-state index in [0.717, 1.165) is 32.1 Å². The summed E-state index contributed by atoms with van der Waals surface area (Å²) in [5.74, 6) is 1.06. The van der Waals surface area contributed by atoms with Gasteiger partial charge in [0.15, 0.2) is 5.96 Å². The van der Waals surface area contributed by atoms with E-state index in [0.29, 0.717) is 38.8 Å². The highest BCUT2D eigenvalue weighted by molar-refractivity contribution is 8.93. The molecule has 0 saturated carbocycles. The summed E-state index contributed by atoms with van der Waals surface area (Å²) in [6.07, 6.45) is -0.0129. The van der Waals surface area contributed by atoms with Crippen LogP contribution in [-0.2, 0) is 14.2 Å². The first-order valence-electron chi connectivity index (χ1n) is 9.77. The molecule has 1 aromatic heterocycles. The van der Waals surface area contributed by atoms with Gasteiger partial charge in [0.25, 0.3) is 0 Å². The highest BCUT2D eigenvalue weighted by atomic mass is 79.9. The quantitative estimate of drug-likeness (QED) is 0.377. The second kappa shape index (κ2) is 12.3. The van der Waals surface area contributed by atoms with E-state index in [1.54, 1.807) is 13.2 Å². The maximum atomic E-state index is 13.4. The van der Waals surface area contributed by atoms with Gasteiger partial charge in [-0.15, -0.1) is 17.0 Å². The number of nitrogens with one attached hydrogen (secondary N) is 1. The van der Waals surface area contributed by atoms with Crippen LogP contribution in [0.5, 0.6) is 0 Å². The van der Waals surface area contributed by atoms with E-state index in [4.69, 9.17) is 19.2 Å². The molecule has 1 unspecified atom stereocenters. The van der Waals surface area contributed by atoms with Gasteiger partial charge in [-0.05, 0) is 19.1 Å². The van der Waals surface area contributed by atoms with Gasteiger partial charge < -0.3 is 29.3 Å². The Kier molecular flexibility index (Phi) is 10.1. The molecule has 0 aliphatic carbocycles. The van der Waals surface area contributed by atoms with Crippen molar-refractivity contribution in [1.82, 2.24) is 15.2 Å². The molecule has 164 valence electrons. The number of ether oxygens (including phenoxy) is 3. The minimum Gasteiger partial charge on any atom is -0.383 e. The number of guanidine groups is 1. The van der Waals surface area contributed by atoms with Crippen molar-refractivity contribution in [1.29, 1.82) is 0 Å². The largest absolute Gasteiger partial charge is 0.383 e. The van der Waals surface area contributed by atoms with Crippen LogP contribution in [0.15, 0.2) is 23.2 Å². The van der Waals surface area contributed by atoms with Crippen LogP contribution < -0.4 is 10.2 Å². The Balaban J connectivity index is 0.00000300. The molecule has 0 amide bonds. The smallest absolute Gasteiger partial charge is 0.214 e. The number of rotatable bonds is 6. The topological polar surface area (TPSA) is 71.5 Å². The molecule has 10 heteroatoms.